The van der Waals surface area contributed by atoms with Crippen LogP contribution in [0.4, 0.5) is 0 Å². The van der Waals surface area contributed by atoms with Gasteiger partial charge in [0.15, 0.2) is 5.65 Å². The van der Waals surface area contributed by atoms with Gasteiger partial charge in [0.2, 0.25) is 0 Å². The molecule has 0 aliphatic heterocycles. The van der Waals surface area contributed by atoms with Crippen LogP contribution in [0.3, 0.4) is 0 Å². The molecule has 3 rings (SSSR count). The van der Waals surface area contributed by atoms with E-state index >= 15 is 0 Å². The molecular weight excluding hydrogens is 358 g/mol. The number of thiophene rings is 1. The molecule has 1 atom stereocenters. The first-order chi connectivity index (χ1) is 13.0. The van der Waals surface area contributed by atoms with Crippen LogP contribution < -0.4 is 5.32 Å². The maximum atomic E-state index is 12.7. The second-order valence-corrected chi connectivity index (χ2v) is 7.60. The van der Waals surface area contributed by atoms with Crippen molar-refractivity contribution in [2.24, 2.45) is 0 Å². The fourth-order valence-corrected chi connectivity index (χ4v) is 4.03. The topological polar surface area (TPSA) is 63.1 Å². The Bertz CT molecular complexity index is 883. The van der Waals surface area contributed by atoms with E-state index in [1.165, 1.54) is 5.56 Å². The number of carbonyl (C=O) groups excluding carboxylic acids is 1. The van der Waals surface area contributed by atoms with Gasteiger partial charge in [-0.15, -0.1) is 0 Å². The molecule has 144 valence electrons. The van der Waals surface area contributed by atoms with Crippen molar-refractivity contribution in [3.05, 3.63) is 46.4 Å². The highest BCUT2D eigenvalue weighted by molar-refractivity contribution is 7.07. The number of hydrogen-bond donors (Lipinski definition) is 1. The van der Waals surface area contributed by atoms with E-state index in [9.17, 15) is 4.79 Å². The van der Waals surface area contributed by atoms with Crippen molar-refractivity contribution in [3.63, 3.8) is 0 Å². The summed E-state index contributed by atoms with van der Waals surface area (Å²) in [5.74, 6) is -0.103. The number of aromatic nitrogens is 3. The van der Waals surface area contributed by atoms with Gasteiger partial charge in [-0.2, -0.15) is 16.4 Å². The molecule has 0 fully saturated rings. The lowest BCUT2D eigenvalue weighted by Gasteiger charge is -2.29. The molecule has 0 aliphatic rings. The minimum Gasteiger partial charge on any atom is -0.350 e. The van der Waals surface area contributed by atoms with E-state index < -0.39 is 0 Å². The number of fused-ring (bicyclic) bond motifs is 1. The summed E-state index contributed by atoms with van der Waals surface area (Å²) in [5.41, 5.74) is 2.62. The lowest BCUT2D eigenvalue weighted by molar-refractivity contribution is 0.0935. The molecule has 0 aliphatic carbocycles. The minimum absolute atomic E-state index is 0.103. The van der Waals surface area contributed by atoms with Crippen molar-refractivity contribution in [2.75, 3.05) is 19.6 Å². The van der Waals surface area contributed by atoms with Crippen LogP contribution in [-0.4, -0.2) is 45.2 Å². The van der Waals surface area contributed by atoms with Crippen LogP contribution in [0, 0.1) is 0 Å². The van der Waals surface area contributed by atoms with Crippen molar-refractivity contribution in [1.82, 2.24) is 25.0 Å². The van der Waals surface area contributed by atoms with Crippen LogP contribution >= 0.6 is 11.3 Å². The van der Waals surface area contributed by atoms with Crippen LogP contribution in [0.2, 0.25) is 0 Å². The van der Waals surface area contributed by atoms with Gasteiger partial charge in [-0.05, 0) is 55.4 Å². The molecule has 1 unspecified atom stereocenters. The first-order valence-electron chi connectivity index (χ1n) is 9.42. The van der Waals surface area contributed by atoms with E-state index in [1.54, 1.807) is 23.7 Å². The monoisotopic (exact) mass is 385 g/mol. The Hall–Kier alpha value is -2.25. The number of rotatable bonds is 8. The Labute approximate surface area is 164 Å². The maximum absolute atomic E-state index is 12.7. The summed E-state index contributed by atoms with van der Waals surface area (Å²) in [5, 5.41) is 12.6. The Balaban J connectivity index is 1.75. The molecule has 27 heavy (non-hydrogen) atoms. The number of carbonyl (C=O) groups is 1. The van der Waals surface area contributed by atoms with Crippen LogP contribution in [-0.2, 0) is 0 Å². The highest BCUT2D eigenvalue weighted by Crippen LogP contribution is 2.22. The number of likely N-dealkylation sites (N-methyl/N-ethyl adjacent to an activating group) is 1. The normalized spacial score (nSPS) is 12.8. The summed E-state index contributed by atoms with van der Waals surface area (Å²) >= 11 is 1.68. The molecule has 3 aromatic rings. The second kappa shape index (κ2) is 8.63. The van der Waals surface area contributed by atoms with E-state index in [1.807, 2.05) is 10.7 Å². The molecule has 0 saturated heterocycles. The zero-order valence-corrected chi connectivity index (χ0v) is 17.2. The molecule has 0 spiro atoms. The van der Waals surface area contributed by atoms with Gasteiger partial charge in [0.25, 0.3) is 5.91 Å². The summed E-state index contributed by atoms with van der Waals surface area (Å²) in [6.45, 7) is 10.9. The van der Waals surface area contributed by atoms with Gasteiger partial charge < -0.3 is 5.32 Å². The Kier molecular flexibility index (Phi) is 6.23. The molecule has 6 nitrogen and oxygen atoms in total. The molecule has 1 amide bonds. The van der Waals surface area contributed by atoms with E-state index in [2.05, 4.69) is 64.8 Å². The number of nitrogens with zero attached hydrogens (tertiary/aromatic N) is 4. The maximum Gasteiger partial charge on any atom is 0.252 e. The lowest BCUT2D eigenvalue weighted by atomic mass is 10.1. The van der Waals surface area contributed by atoms with Crippen molar-refractivity contribution in [3.8, 4) is 0 Å². The van der Waals surface area contributed by atoms with Crippen LogP contribution in [0.1, 0.15) is 55.7 Å². The SMILES string of the molecule is CCN(CC)C(CNC(=O)c1cnc2c(cnn2C(C)C)c1)c1ccsc1. The summed E-state index contributed by atoms with van der Waals surface area (Å²) in [6.07, 6.45) is 3.40. The third kappa shape index (κ3) is 4.20. The number of pyridine rings is 1. The van der Waals surface area contributed by atoms with Crippen molar-refractivity contribution < 1.29 is 4.79 Å². The Morgan fingerprint density at radius 3 is 2.70 bits per heavy atom. The third-order valence-corrected chi connectivity index (χ3v) is 5.52. The second-order valence-electron chi connectivity index (χ2n) is 6.82. The number of nitrogens with one attached hydrogen (secondary N) is 1. The van der Waals surface area contributed by atoms with Crippen LogP contribution in [0.15, 0.2) is 35.3 Å². The summed E-state index contributed by atoms with van der Waals surface area (Å²) < 4.78 is 1.87. The van der Waals surface area contributed by atoms with E-state index in [4.69, 9.17) is 0 Å². The smallest absolute Gasteiger partial charge is 0.252 e. The average molecular weight is 386 g/mol. The van der Waals surface area contributed by atoms with Gasteiger partial charge in [0, 0.05) is 24.2 Å². The molecule has 0 saturated carbocycles. The fourth-order valence-electron chi connectivity index (χ4n) is 3.32. The molecule has 1 N–H and O–H groups in total. The predicted molar refractivity (Wildman–Crippen MR) is 110 cm³/mol. The third-order valence-electron chi connectivity index (χ3n) is 4.82. The Morgan fingerprint density at radius 1 is 1.30 bits per heavy atom. The van der Waals surface area contributed by atoms with Crippen molar-refractivity contribution in [1.29, 1.82) is 0 Å². The van der Waals surface area contributed by atoms with Crippen molar-refractivity contribution in [2.45, 2.75) is 39.8 Å². The fraction of sp³-hybridized carbons (Fsp3) is 0.450. The molecule has 3 heterocycles. The van der Waals surface area contributed by atoms with Gasteiger partial charge in [-0.1, -0.05) is 13.8 Å². The summed E-state index contributed by atoms with van der Waals surface area (Å²) in [7, 11) is 0. The van der Waals surface area contributed by atoms with Gasteiger partial charge in [0.1, 0.15) is 0 Å². The zero-order valence-electron chi connectivity index (χ0n) is 16.3. The molecule has 7 heteroatoms. The largest absolute Gasteiger partial charge is 0.350 e. The standard InChI is InChI=1S/C20H27N5OS/c1-5-24(6-2)18(15-7-8-27-13-15)12-22-20(26)17-9-16-11-23-25(14(3)4)19(16)21-10-17/h7-11,13-14,18H,5-6,12H2,1-4H3,(H,22,26). The van der Waals surface area contributed by atoms with Crippen molar-refractivity contribution >= 4 is 28.3 Å². The highest BCUT2D eigenvalue weighted by atomic mass is 32.1. The van der Waals surface area contributed by atoms with Gasteiger partial charge in [-0.25, -0.2) is 9.67 Å². The molecule has 0 bridgehead atoms. The molecule has 3 aromatic heterocycles. The van der Waals surface area contributed by atoms with Gasteiger partial charge >= 0.3 is 0 Å². The molecular formula is C20H27N5OS. The highest BCUT2D eigenvalue weighted by Gasteiger charge is 2.20. The van der Waals surface area contributed by atoms with Crippen LogP contribution in [0.5, 0.6) is 0 Å². The summed E-state index contributed by atoms with van der Waals surface area (Å²) in [6, 6.07) is 4.40. The summed E-state index contributed by atoms with van der Waals surface area (Å²) in [4.78, 5) is 19.5. The first kappa shape index (κ1) is 19.5. The lowest BCUT2D eigenvalue weighted by Crippen LogP contribution is -2.37. The molecule has 0 aromatic carbocycles. The number of amides is 1. The van der Waals surface area contributed by atoms with E-state index in [0.29, 0.717) is 12.1 Å². The van der Waals surface area contributed by atoms with Gasteiger partial charge in [-0.3, -0.25) is 9.69 Å². The van der Waals surface area contributed by atoms with Gasteiger partial charge in [0.05, 0.1) is 17.8 Å². The first-order valence-corrected chi connectivity index (χ1v) is 10.4. The Morgan fingerprint density at radius 2 is 2.07 bits per heavy atom. The average Bonchev–Trinajstić information content (AvgIpc) is 3.33. The predicted octanol–water partition coefficient (Wildman–Crippen LogP) is 3.89. The quantitative estimate of drug-likeness (QED) is 0.639. The molecule has 0 radical (unpaired) electrons. The zero-order chi connectivity index (χ0) is 19.4. The number of hydrogen-bond acceptors (Lipinski definition) is 5. The van der Waals surface area contributed by atoms with Crippen LogP contribution in [0.25, 0.3) is 11.0 Å². The van der Waals surface area contributed by atoms with E-state index in [0.717, 1.165) is 24.1 Å². The van der Waals surface area contributed by atoms with E-state index in [-0.39, 0.29) is 18.0 Å². The minimum atomic E-state index is -0.103.